The standard InChI is InChI=1S/C18H26N4OS/c1-4-5-17-20-18(23-21-17)14(3)19-16-7-6-15(12-13(16)2)22-8-10-24-11-9-22/h6-7,12,14,19H,4-5,8-11H2,1-3H3. The van der Waals surface area contributed by atoms with Crippen LogP contribution in [0.25, 0.3) is 0 Å². The number of hydrogen-bond donors (Lipinski definition) is 1. The van der Waals surface area contributed by atoms with Crippen LogP contribution in [-0.4, -0.2) is 34.7 Å². The quantitative estimate of drug-likeness (QED) is 0.851. The number of aryl methyl sites for hydroxylation is 2. The van der Waals surface area contributed by atoms with Crippen LogP contribution >= 0.6 is 11.8 Å². The molecule has 0 radical (unpaired) electrons. The third-order valence-electron chi connectivity index (χ3n) is 4.29. The van der Waals surface area contributed by atoms with Crippen LogP contribution in [0.15, 0.2) is 22.7 Å². The van der Waals surface area contributed by atoms with E-state index in [2.05, 4.69) is 59.3 Å². The van der Waals surface area contributed by atoms with Gasteiger partial charge in [-0.15, -0.1) is 0 Å². The van der Waals surface area contributed by atoms with Crippen LogP contribution in [0.2, 0.25) is 0 Å². The van der Waals surface area contributed by atoms with E-state index in [1.807, 2.05) is 11.8 Å². The van der Waals surface area contributed by atoms with Gasteiger partial charge in [0.25, 0.3) is 0 Å². The van der Waals surface area contributed by atoms with E-state index in [4.69, 9.17) is 4.52 Å². The van der Waals surface area contributed by atoms with Gasteiger partial charge < -0.3 is 14.7 Å². The first kappa shape index (κ1) is 17.1. The molecule has 1 atom stereocenters. The average molecular weight is 347 g/mol. The summed E-state index contributed by atoms with van der Waals surface area (Å²) in [7, 11) is 0. The maximum Gasteiger partial charge on any atom is 0.248 e. The second-order valence-electron chi connectivity index (χ2n) is 6.26. The summed E-state index contributed by atoms with van der Waals surface area (Å²) in [5, 5.41) is 7.52. The molecule has 0 amide bonds. The zero-order chi connectivity index (χ0) is 16.9. The van der Waals surface area contributed by atoms with Crippen molar-refractivity contribution in [2.24, 2.45) is 0 Å². The highest BCUT2D eigenvalue weighted by atomic mass is 32.2. The monoisotopic (exact) mass is 346 g/mol. The van der Waals surface area contributed by atoms with E-state index < -0.39 is 0 Å². The fourth-order valence-corrected chi connectivity index (χ4v) is 3.79. The summed E-state index contributed by atoms with van der Waals surface area (Å²) >= 11 is 2.03. The van der Waals surface area contributed by atoms with Gasteiger partial charge in [0.2, 0.25) is 5.89 Å². The van der Waals surface area contributed by atoms with Gasteiger partial charge in [-0.3, -0.25) is 0 Å². The van der Waals surface area contributed by atoms with Crippen LogP contribution in [0.4, 0.5) is 11.4 Å². The fourth-order valence-electron chi connectivity index (χ4n) is 2.89. The van der Waals surface area contributed by atoms with Gasteiger partial charge in [0, 0.05) is 42.4 Å². The van der Waals surface area contributed by atoms with Gasteiger partial charge in [-0.25, -0.2) is 0 Å². The van der Waals surface area contributed by atoms with Crippen LogP contribution in [0, 0.1) is 6.92 Å². The van der Waals surface area contributed by atoms with Gasteiger partial charge in [0.1, 0.15) is 6.04 Å². The Morgan fingerprint density at radius 3 is 2.83 bits per heavy atom. The molecule has 5 nitrogen and oxygen atoms in total. The lowest BCUT2D eigenvalue weighted by atomic mass is 10.1. The number of thioether (sulfide) groups is 1. The van der Waals surface area contributed by atoms with Gasteiger partial charge >= 0.3 is 0 Å². The molecule has 2 aromatic rings. The molecule has 0 spiro atoms. The second-order valence-corrected chi connectivity index (χ2v) is 7.49. The summed E-state index contributed by atoms with van der Waals surface area (Å²) in [6, 6.07) is 6.63. The Balaban J connectivity index is 1.67. The largest absolute Gasteiger partial charge is 0.374 e. The minimum absolute atomic E-state index is 0.000886. The van der Waals surface area contributed by atoms with Crippen LogP contribution in [0.3, 0.4) is 0 Å². The average Bonchev–Trinajstić information content (AvgIpc) is 3.06. The van der Waals surface area contributed by atoms with Crippen molar-refractivity contribution in [1.29, 1.82) is 0 Å². The smallest absolute Gasteiger partial charge is 0.248 e. The summed E-state index contributed by atoms with van der Waals surface area (Å²) in [6.45, 7) is 8.58. The van der Waals surface area contributed by atoms with Crippen LogP contribution in [-0.2, 0) is 6.42 Å². The van der Waals surface area contributed by atoms with E-state index >= 15 is 0 Å². The van der Waals surface area contributed by atoms with E-state index in [9.17, 15) is 0 Å². The van der Waals surface area contributed by atoms with E-state index in [0.717, 1.165) is 37.4 Å². The molecule has 130 valence electrons. The zero-order valence-corrected chi connectivity index (χ0v) is 15.5. The van der Waals surface area contributed by atoms with E-state index in [-0.39, 0.29) is 6.04 Å². The van der Waals surface area contributed by atoms with Crippen LogP contribution in [0.1, 0.15) is 43.6 Å². The predicted octanol–water partition coefficient (Wildman–Crippen LogP) is 4.06. The summed E-state index contributed by atoms with van der Waals surface area (Å²) in [4.78, 5) is 6.93. The van der Waals surface area contributed by atoms with Crippen LogP contribution < -0.4 is 10.2 Å². The fraction of sp³-hybridized carbons (Fsp3) is 0.556. The molecular weight excluding hydrogens is 320 g/mol. The molecule has 6 heteroatoms. The minimum atomic E-state index is -0.000886. The van der Waals surface area contributed by atoms with Gasteiger partial charge in [-0.2, -0.15) is 16.7 Å². The van der Waals surface area contributed by atoms with Gasteiger partial charge in [0.15, 0.2) is 5.82 Å². The first-order valence-corrected chi connectivity index (χ1v) is 9.85. The molecule has 1 aliphatic rings. The van der Waals surface area contributed by atoms with Crippen molar-refractivity contribution in [3.63, 3.8) is 0 Å². The van der Waals surface area contributed by atoms with Crippen molar-refractivity contribution in [1.82, 2.24) is 10.1 Å². The number of nitrogens with zero attached hydrogens (tertiary/aromatic N) is 3. The number of anilines is 2. The SMILES string of the molecule is CCCc1noc(C(C)Nc2ccc(N3CCSCC3)cc2C)n1. The number of rotatable bonds is 6. The van der Waals surface area contributed by atoms with Crippen molar-refractivity contribution >= 4 is 23.1 Å². The highest BCUT2D eigenvalue weighted by Crippen LogP contribution is 2.27. The van der Waals surface area contributed by atoms with Crippen molar-refractivity contribution in [3.8, 4) is 0 Å². The molecule has 24 heavy (non-hydrogen) atoms. The Labute approximate surface area is 148 Å². The second kappa shape index (κ2) is 7.92. The summed E-state index contributed by atoms with van der Waals surface area (Å²) in [6.07, 6.45) is 1.88. The summed E-state index contributed by atoms with van der Waals surface area (Å²) < 4.78 is 5.38. The molecular formula is C18H26N4OS. The Bertz CT molecular complexity index is 667. The number of aromatic nitrogens is 2. The van der Waals surface area contributed by atoms with E-state index in [0.29, 0.717) is 5.89 Å². The minimum Gasteiger partial charge on any atom is -0.374 e. The molecule has 0 bridgehead atoms. The number of nitrogens with one attached hydrogen (secondary N) is 1. The van der Waals surface area contributed by atoms with Crippen molar-refractivity contribution in [2.45, 2.75) is 39.7 Å². The number of hydrogen-bond acceptors (Lipinski definition) is 6. The lowest BCUT2D eigenvalue weighted by Gasteiger charge is -2.29. The third-order valence-corrected chi connectivity index (χ3v) is 5.23. The molecule has 2 heterocycles. The molecule has 1 unspecified atom stereocenters. The first-order chi connectivity index (χ1) is 11.7. The van der Waals surface area contributed by atoms with Gasteiger partial charge in [-0.05, 0) is 44.0 Å². The predicted molar refractivity (Wildman–Crippen MR) is 101 cm³/mol. The normalized spacial score (nSPS) is 16.2. The van der Waals surface area contributed by atoms with Gasteiger partial charge in [-0.1, -0.05) is 12.1 Å². The van der Waals surface area contributed by atoms with E-state index in [1.165, 1.54) is 22.8 Å². The Kier molecular flexibility index (Phi) is 5.66. The Hall–Kier alpha value is -1.69. The highest BCUT2D eigenvalue weighted by molar-refractivity contribution is 7.99. The number of benzene rings is 1. The maximum atomic E-state index is 5.38. The molecule has 1 aromatic carbocycles. The summed E-state index contributed by atoms with van der Waals surface area (Å²) in [5.74, 6) is 3.87. The molecule has 1 saturated heterocycles. The van der Waals surface area contributed by atoms with Gasteiger partial charge in [0.05, 0.1) is 0 Å². The lowest BCUT2D eigenvalue weighted by molar-refractivity contribution is 0.362. The molecule has 0 saturated carbocycles. The highest BCUT2D eigenvalue weighted by Gasteiger charge is 2.16. The maximum absolute atomic E-state index is 5.38. The Morgan fingerprint density at radius 2 is 2.12 bits per heavy atom. The molecule has 1 aliphatic heterocycles. The van der Waals surface area contributed by atoms with E-state index in [1.54, 1.807) is 0 Å². The Morgan fingerprint density at radius 1 is 1.33 bits per heavy atom. The van der Waals surface area contributed by atoms with Crippen molar-refractivity contribution in [2.75, 3.05) is 34.8 Å². The van der Waals surface area contributed by atoms with Crippen molar-refractivity contribution < 1.29 is 4.52 Å². The molecule has 1 fully saturated rings. The topological polar surface area (TPSA) is 54.2 Å². The molecule has 1 N–H and O–H groups in total. The van der Waals surface area contributed by atoms with Crippen LogP contribution in [0.5, 0.6) is 0 Å². The molecule has 0 aliphatic carbocycles. The summed E-state index contributed by atoms with van der Waals surface area (Å²) in [5.41, 5.74) is 3.67. The molecule has 3 rings (SSSR count). The molecule has 1 aromatic heterocycles. The lowest BCUT2D eigenvalue weighted by Crippen LogP contribution is -2.32. The van der Waals surface area contributed by atoms with Crippen molar-refractivity contribution in [3.05, 3.63) is 35.5 Å². The first-order valence-electron chi connectivity index (χ1n) is 8.69. The zero-order valence-electron chi connectivity index (χ0n) is 14.7. The third kappa shape index (κ3) is 4.04.